The molecule has 1 heterocycles. The van der Waals surface area contributed by atoms with Gasteiger partial charge in [0.05, 0.1) is 0 Å². The van der Waals surface area contributed by atoms with Crippen molar-refractivity contribution in [2.45, 2.75) is 42.6 Å². The van der Waals surface area contributed by atoms with Crippen molar-refractivity contribution in [1.29, 1.82) is 0 Å². The third-order valence-corrected chi connectivity index (χ3v) is 5.11. The molecule has 3 fully saturated rings. The Balaban J connectivity index is 1.98. The highest BCUT2D eigenvalue weighted by Crippen LogP contribution is 2.51. The number of carbonyl (C=O) groups excluding carboxylic acids is 1. The molecular formula is C10H15BrN2O. The Bertz CT molecular complexity index is 281. The minimum Gasteiger partial charge on any atom is -0.351 e. The Kier molecular flexibility index (Phi) is 1.85. The Morgan fingerprint density at radius 2 is 2.07 bits per heavy atom. The number of likely N-dealkylation sites (tertiary alicyclic amines) is 1. The van der Waals surface area contributed by atoms with Crippen molar-refractivity contribution in [3.05, 3.63) is 0 Å². The molecule has 0 aromatic heterocycles. The number of fused-ring (bicyclic) bond motifs is 2. The van der Waals surface area contributed by atoms with Crippen LogP contribution in [0, 0.1) is 11.8 Å². The van der Waals surface area contributed by atoms with Crippen LogP contribution in [0.5, 0.6) is 0 Å². The highest BCUT2D eigenvalue weighted by molar-refractivity contribution is 9.09. The molecule has 2 N–H and O–H groups in total. The van der Waals surface area contributed by atoms with Gasteiger partial charge in [-0.1, -0.05) is 15.9 Å². The molecule has 0 radical (unpaired) electrons. The van der Waals surface area contributed by atoms with Crippen molar-refractivity contribution >= 4 is 22.0 Å². The molecule has 3 rings (SSSR count). The zero-order valence-electron chi connectivity index (χ0n) is 8.03. The first-order chi connectivity index (χ1) is 6.66. The van der Waals surface area contributed by atoms with Crippen molar-refractivity contribution in [2.24, 2.45) is 17.6 Å². The molecule has 0 aromatic rings. The summed E-state index contributed by atoms with van der Waals surface area (Å²) in [4.78, 5) is 13.8. The second kappa shape index (κ2) is 2.87. The van der Waals surface area contributed by atoms with E-state index in [4.69, 9.17) is 5.73 Å². The molecule has 1 saturated heterocycles. The number of carbonyl (C=O) groups is 1. The van der Waals surface area contributed by atoms with Crippen LogP contribution in [0.4, 0.5) is 4.79 Å². The van der Waals surface area contributed by atoms with Gasteiger partial charge in [-0.3, -0.25) is 0 Å². The number of amides is 2. The Labute approximate surface area is 92.1 Å². The number of hydrogen-bond acceptors (Lipinski definition) is 1. The normalized spacial score (nSPS) is 49.8. The standard InChI is InChI=1S/C10H15BrN2O/c11-8-3-5-1-6-4-7(2-5)13(9(6)8)10(12)14/h5-9H,1-4H2,(H2,12,14). The summed E-state index contributed by atoms with van der Waals surface area (Å²) in [6.07, 6.45) is 4.90. The van der Waals surface area contributed by atoms with Gasteiger partial charge in [0.2, 0.25) is 0 Å². The lowest BCUT2D eigenvalue weighted by atomic mass is 9.72. The van der Waals surface area contributed by atoms with Gasteiger partial charge >= 0.3 is 6.03 Å². The topological polar surface area (TPSA) is 46.3 Å². The first-order valence-electron chi connectivity index (χ1n) is 5.38. The largest absolute Gasteiger partial charge is 0.351 e. The van der Waals surface area contributed by atoms with Crippen molar-refractivity contribution in [2.75, 3.05) is 0 Å². The van der Waals surface area contributed by atoms with Crippen LogP contribution in [0.2, 0.25) is 0 Å². The lowest BCUT2D eigenvalue weighted by molar-refractivity contribution is 0.180. The molecule has 3 nitrogen and oxygen atoms in total. The molecule has 5 unspecified atom stereocenters. The van der Waals surface area contributed by atoms with Gasteiger partial charge in [0.1, 0.15) is 0 Å². The number of hydrogen-bond donors (Lipinski definition) is 1. The molecule has 3 aliphatic rings. The lowest BCUT2D eigenvalue weighted by Gasteiger charge is -2.36. The van der Waals surface area contributed by atoms with Crippen LogP contribution in [-0.4, -0.2) is 27.8 Å². The van der Waals surface area contributed by atoms with Gasteiger partial charge in [0.25, 0.3) is 0 Å². The first-order valence-corrected chi connectivity index (χ1v) is 6.30. The van der Waals surface area contributed by atoms with Crippen molar-refractivity contribution < 1.29 is 4.79 Å². The summed E-state index contributed by atoms with van der Waals surface area (Å²) in [7, 11) is 0. The smallest absolute Gasteiger partial charge is 0.315 e. The summed E-state index contributed by atoms with van der Waals surface area (Å²) in [5.41, 5.74) is 5.47. The molecule has 78 valence electrons. The van der Waals surface area contributed by atoms with Gasteiger partial charge in [-0.15, -0.1) is 0 Å². The summed E-state index contributed by atoms with van der Waals surface area (Å²) in [6.45, 7) is 0. The van der Waals surface area contributed by atoms with Crippen LogP contribution >= 0.6 is 15.9 Å². The summed E-state index contributed by atoms with van der Waals surface area (Å²) in [5, 5.41) is 0. The molecule has 14 heavy (non-hydrogen) atoms. The third kappa shape index (κ3) is 1.06. The molecule has 5 atom stereocenters. The zero-order chi connectivity index (χ0) is 9.87. The van der Waals surface area contributed by atoms with Crippen molar-refractivity contribution in [3.8, 4) is 0 Å². The highest BCUT2D eigenvalue weighted by Gasteiger charge is 2.53. The van der Waals surface area contributed by atoms with Crippen LogP contribution in [0.25, 0.3) is 0 Å². The first kappa shape index (κ1) is 9.01. The maximum absolute atomic E-state index is 11.4. The van der Waals surface area contributed by atoms with E-state index in [2.05, 4.69) is 15.9 Å². The fourth-order valence-corrected chi connectivity index (χ4v) is 5.09. The average Bonchev–Trinajstić information content (AvgIpc) is 2.30. The maximum Gasteiger partial charge on any atom is 0.315 e. The molecular weight excluding hydrogens is 244 g/mol. The molecule has 4 heteroatoms. The number of halogens is 1. The van der Waals surface area contributed by atoms with Crippen LogP contribution in [0.15, 0.2) is 0 Å². The second-order valence-electron chi connectivity index (χ2n) is 4.97. The Hall–Kier alpha value is -0.250. The van der Waals surface area contributed by atoms with E-state index in [1.807, 2.05) is 4.90 Å². The average molecular weight is 259 g/mol. The van der Waals surface area contributed by atoms with Gasteiger partial charge in [-0.2, -0.15) is 0 Å². The Morgan fingerprint density at radius 3 is 2.79 bits per heavy atom. The summed E-state index contributed by atoms with van der Waals surface area (Å²) >= 11 is 3.72. The molecule has 3 bridgehead atoms. The molecule has 1 aliphatic heterocycles. The monoisotopic (exact) mass is 258 g/mol. The van der Waals surface area contributed by atoms with Crippen LogP contribution < -0.4 is 5.73 Å². The van der Waals surface area contributed by atoms with Crippen LogP contribution in [-0.2, 0) is 0 Å². The number of alkyl halides is 1. The van der Waals surface area contributed by atoms with Crippen LogP contribution in [0.1, 0.15) is 25.7 Å². The predicted molar refractivity (Wildman–Crippen MR) is 57.2 cm³/mol. The van der Waals surface area contributed by atoms with E-state index in [0.717, 1.165) is 5.92 Å². The lowest BCUT2D eigenvalue weighted by Crippen LogP contribution is -2.48. The van der Waals surface area contributed by atoms with E-state index in [1.165, 1.54) is 25.7 Å². The maximum atomic E-state index is 11.4. The zero-order valence-corrected chi connectivity index (χ0v) is 9.61. The van der Waals surface area contributed by atoms with Gasteiger partial charge in [-0.05, 0) is 37.5 Å². The number of rotatable bonds is 0. The summed E-state index contributed by atoms with van der Waals surface area (Å²) in [6, 6.07) is 0.620. The van der Waals surface area contributed by atoms with E-state index in [0.29, 0.717) is 22.8 Å². The number of urea groups is 1. The number of nitrogens with zero attached hydrogens (tertiary/aromatic N) is 1. The highest BCUT2D eigenvalue weighted by atomic mass is 79.9. The fraction of sp³-hybridized carbons (Fsp3) is 0.900. The van der Waals surface area contributed by atoms with Crippen molar-refractivity contribution in [3.63, 3.8) is 0 Å². The number of primary amides is 1. The quantitative estimate of drug-likeness (QED) is 0.661. The molecule has 0 aromatic carbocycles. The molecule has 2 amide bonds. The fourth-order valence-electron chi connectivity index (χ4n) is 3.87. The van der Waals surface area contributed by atoms with Crippen LogP contribution in [0.3, 0.4) is 0 Å². The molecule has 2 saturated carbocycles. The van der Waals surface area contributed by atoms with E-state index in [1.54, 1.807) is 0 Å². The van der Waals surface area contributed by atoms with Crippen molar-refractivity contribution in [1.82, 2.24) is 4.90 Å². The van der Waals surface area contributed by atoms with Gasteiger partial charge in [0.15, 0.2) is 0 Å². The van der Waals surface area contributed by atoms with Gasteiger partial charge in [0, 0.05) is 16.9 Å². The Morgan fingerprint density at radius 1 is 1.29 bits per heavy atom. The molecule has 2 aliphatic carbocycles. The van der Waals surface area contributed by atoms with E-state index >= 15 is 0 Å². The SMILES string of the molecule is NC(=O)N1C2CC3CC(Br)C1C(C3)C2. The van der Waals surface area contributed by atoms with Gasteiger partial charge in [-0.25, -0.2) is 4.79 Å². The molecule has 0 spiro atoms. The second-order valence-corrected chi connectivity index (χ2v) is 6.15. The minimum absolute atomic E-state index is 0.213. The minimum atomic E-state index is -0.213. The van der Waals surface area contributed by atoms with E-state index in [-0.39, 0.29) is 6.03 Å². The number of nitrogens with two attached hydrogens (primary N) is 1. The summed E-state index contributed by atoms with van der Waals surface area (Å²) in [5.74, 6) is 1.54. The van der Waals surface area contributed by atoms with Gasteiger partial charge < -0.3 is 10.6 Å². The van der Waals surface area contributed by atoms with E-state index in [9.17, 15) is 4.79 Å². The van der Waals surface area contributed by atoms with E-state index < -0.39 is 0 Å². The summed E-state index contributed by atoms with van der Waals surface area (Å²) < 4.78 is 0. The predicted octanol–water partition coefficient (Wildman–Crippen LogP) is 1.70. The third-order valence-electron chi connectivity index (χ3n) is 4.20.